The monoisotopic (exact) mass is 272 g/mol. The number of aryl methyl sites for hydroxylation is 1. The van der Waals surface area contributed by atoms with E-state index in [4.69, 9.17) is 22.7 Å². The van der Waals surface area contributed by atoms with Crippen LogP contribution in [-0.2, 0) is 6.42 Å². The third-order valence-electron chi connectivity index (χ3n) is 2.74. The molecule has 0 amide bonds. The lowest BCUT2D eigenvalue weighted by Gasteiger charge is -2.11. The second kappa shape index (κ2) is 6.29. The lowest BCUT2D eigenvalue weighted by Crippen LogP contribution is -2.13. The van der Waals surface area contributed by atoms with Crippen LogP contribution < -0.4 is 10.5 Å². The highest BCUT2D eigenvalue weighted by Gasteiger charge is 2.06. The van der Waals surface area contributed by atoms with Gasteiger partial charge in [0.25, 0.3) is 0 Å². The summed E-state index contributed by atoms with van der Waals surface area (Å²) in [6.07, 6.45) is 2.53. The first-order valence-electron chi connectivity index (χ1n) is 6.10. The van der Waals surface area contributed by atoms with Gasteiger partial charge in [-0.15, -0.1) is 0 Å². The molecule has 0 radical (unpaired) electrons. The minimum Gasteiger partial charge on any atom is -0.492 e. The van der Waals surface area contributed by atoms with E-state index in [1.165, 1.54) is 0 Å². The predicted molar refractivity (Wildman–Crippen MR) is 80.5 cm³/mol. The Hall–Kier alpha value is -1.94. The van der Waals surface area contributed by atoms with Crippen molar-refractivity contribution in [1.82, 2.24) is 4.98 Å². The molecule has 2 aromatic rings. The highest BCUT2D eigenvalue weighted by molar-refractivity contribution is 7.80. The molecule has 0 saturated carbocycles. The van der Waals surface area contributed by atoms with Crippen LogP contribution in [0.3, 0.4) is 0 Å². The summed E-state index contributed by atoms with van der Waals surface area (Å²) in [6.45, 7) is 2.55. The van der Waals surface area contributed by atoms with Gasteiger partial charge in [0.1, 0.15) is 10.7 Å². The van der Waals surface area contributed by atoms with E-state index in [2.05, 4.69) is 4.98 Å². The SMILES string of the molecule is Cc1ccc(OCCc2ccccn2)c(C(N)=S)c1. The van der Waals surface area contributed by atoms with Crippen LogP contribution in [0.2, 0.25) is 0 Å². The standard InChI is InChI=1S/C15H16N2OS/c1-11-5-6-14(13(10-11)15(16)19)18-9-7-12-4-2-3-8-17-12/h2-6,8,10H,7,9H2,1H3,(H2,16,19). The molecule has 0 fully saturated rings. The molecule has 0 spiro atoms. The Kier molecular flexibility index (Phi) is 4.47. The zero-order valence-corrected chi connectivity index (χ0v) is 11.6. The normalized spacial score (nSPS) is 10.2. The van der Waals surface area contributed by atoms with E-state index in [1.54, 1.807) is 6.20 Å². The fourth-order valence-corrected chi connectivity index (χ4v) is 1.93. The van der Waals surface area contributed by atoms with Crippen LogP contribution in [0.5, 0.6) is 5.75 Å². The second-order valence-corrected chi connectivity index (χ2v) is 4.72. The number of pyridine rings is 1. The Morgan fingerprint density at radius 2 is 2.16 bits per heavy atom. The molecule has 98 valence electrons. The van der Waals surface area contributed by atoms with Crippen molar-refractivity contribution in [2.24, 2.45) is 5.73 Å². The maximum absolute atomic E-state index is 5.75. The predicted octanol–water partition coefficient (Wildman–Crippen LogP) is 2.65. The molecule has 0 aliphatic rings. The van der Waals surface area contributed by atoms with Gasteiger partial charge >= 0.3 is 0 Å². The number of nitrogens with two attached hydrogens (primary N) is 1. The number of aromatic nitrogens is 1. The van der Waals surface area contributed by atoms with Gasteiger partial charge in [0.05, 0.1) is 12.2 Å². The second-order valence-electron chi connectivity index (χ2n) is 4.28. The molecule has 0 unspecified atom stereocenters. The van der Waals surface area contributed by atoms with Crippen LogP contribution in [0, 0.1) is 6.92 Å². The minimum atomic E-state index is 0.358. The average Bonchev–Trinajstić information content (AvgIpc) is 2.41. The zero-order valence-electron chi connectivity index (χ0n) is 10.8. The maximum atomic E-state index is 5.75. The van der Waals surface area contributed by atoms with E-state index < -0.39 is 0 Å². The molecule has 0 atom stereocenters. The van der Waals surface area contributed by atoms with Crippen LogP contribution in [0.15, 0.2) is 42.6 Å². The van der Waals surface area contributed by atoms with Crippen LogP contribution in [0.25, 0.3) is 0 Å². The summed E-state index contributed by atoms with van der Waals surface area (Å²) in [5.41, 5.74) is 8.61. The van der Waals surface area contributed by atoms with Crippen LogP contribution in [-0.4, -0.2) is 16.6 Å². The summed E-state index contributed by atoms with van der Waals surface area (Å²) >= 11 is 5.04. The van der Waals surface area contributed by atoms with E-state index >= 15 is 0 Å². The molecule has 0 aliphatic heterocycles. The molecule has 0 aliphatic carbocycles. The Morgan fingerprint density at radius 3 is 2.84 bits per heavy atom. The van der Waals surface area contributed by atoms with E-state index in [-0.39, 0.29) is 0 Å². The number of benzene rings is 1. The van der Waals surface area contributed by atoms with Crippen LogP contribution in [0.4, 0.5) is 0 Å². The van der Waals surface area contributed by atoms with Crippen molar-refractivity contribution in [1.29, 1.82) is 0 Å². The molecule has 19 heavy (non-hydrogen) atoms. The first-order valence-corrected chi connectivity index (χ1v) is 6.51. The molecule has 1 aromatic carbocycles. The zero-order chi connectivity index (χ0) is 13.7. The van der Waals surface area contributed by atoms with Crippen molar-refractivity contribution < 1.29 is 4.74 Å². The Bertz CT molecular complexity index is 570. The summed E-state index contributed by atoms with van der Waals surface area (Å²) < 4.78 is 5.75. The third kappa shape index (κ3) is 3.76. The topological polar surface area (TPSA) is 48.1 Å². The molecule has 1 aromatic heterocycles. The van der Waals surface area contributed by atoms with Crippen LogP contribution >= 0.6 is 12.2 Å². The van der Waals surface area contributed by atoms with Crippen molar-refractivity contribution >= 4 is 17.2 Å². The molecule has 2 rings (SSSR count). The Morgan fingerprint density at radius 1 is 1.32 bits per heavy atom. The van der Waals surface area contributed by atoms with Gasteiger partial charge in [0.2, 0.25) is 0 Å². The summed E-state index contributed by atoms with van der Waals surface area (Å²) in [6, 6.07) is 11.7. The number of nitrogens with zero attached hydrogens (tertiary/aromatic N) is 1. The number of hydrogen-bond donors (Lipinski definition) is 1. The van der Waals surface area contributed by atoms with Gasteiger partial charge < -0.3 is 10.5 Å². The minimum absolute atomic E-state index is 0.358. The number of thiocarbonyl (C=S) groups is 1. The molecule has 1 heterocycles. The van der Waals surface area contributed by atoms with Crippen molar-refractivity contribution in [2.75, 3.05) is 6.61 Å². The van der Waals surface area contributed by atoms with E-state index in [0.717, 1.165) is 29.0 Å². The van der Waals surface area contributed by atoms with Crippen molar-refractivity contribution in [3.8, 4) is 5.75 Å². The number of hydrogen-bond acceptors (Lipinski definition) is 3. The van der Waals surface area contributed by atoms with E-state index in [0.29, 0.717) is 11.6 Å². The third-order valence-corrected chi connectivity index (χ3v) is 2.96. The van der Waals surface area contributed by atoms with Gasteiger partial charge in [-0.25, -0.2) is 0 Å². The summed E-state index contributed by atoms with van der Waals surface area (Å²) in [7, 11) is 0. The first kappa shape index (κ1) is 13.5. The summed E-state index contributed by atoms with van der Waals surface area (Å²) in [5.74, 6) is 0.731. The summed E-state index contributed by atoms with van der Waals surface area (Å²) in [4.78, 5) is 4.61. The van der Waals surface area contributed by atoms with E-state index in [1.807, 2.05) is 43.3 Å². The first-order chi connectivity index (χ1) is 9.16. The van der Waals surface area contributed by atoms with Gasteiger partial charge in [-0.3, -0.25) is 4.98 Å². The maximum Gasteiger partial charge on any atom is 0.129 e. The Balaban J connectivity index is 2.02. The van der Waals surface area contributed by atoms with E-state index in [9.17, 15) is 0 Å². The molecular weight excluding hydrogens is 256 g/mol. The molecule has 4 heteroatoms. The van der Waals surface area contributed by atoms with Crippen LogP contribution in [0.1, 0.15) is 16.8 Å². The van der Waals surface area contributed by atoms with Crippen molar-refractivity contribution in [3.63, 3.8) is 0 Å². The fourth-order valence-electron chi connectivity index (χ4n) is 1.77. The van der Waals surface area contributed by atoms with Crippen molar-refractivity contribution in [3.05, 3.63) is 59.4 Å². The lowest BCUT2D eigenvalue weighted by molar-refractivity contribution is 0.320. The highest BCUT2D eigenvalue weighted by Crippen LogP contribution is 2.20. The van der Waals surface area contributed by atoms with Gasteiger partial charge in [-0.2, -0.15) is 0 Å². The molecule has 2 N–H and O–H groups in total. The van der Waals surface area contributed by atoms with Gasteiger partial charge in [0, 0.05) is 18.3 Å². The quantitative estimate of drug-likeness (QED) is 0.850. The highest BCUT2D eigenvalue weighted by atomic mass is 32.1. The smallest absolute Gasteiger partial charge is 0.129 e. The largest absolute Gasteiger partial charge is 0.492 e. The molecule has 0 bridgehead atoms. The van der Waals surface area contributed by atoms with Crippen molar-refractivity contribution in [2.45, 2.75) is 13.3 Å². The molecular formula is C15H16N2OS. The Labute approximate surface area is 118 Å². The average molecular weight is 272 g/mol. The number of rotatable bonds is 5. The fraction of sp³-hybridized carbons (Fsp3) is 0.200. The van der Waals surface area contributed by atoms with Gasteiger partial charge in [-0.1, -0.05) is 29.9 Å². The van der Waals surface area contributed by atoms with Gasteiger partial charge in [0.15, 0.2) is 0 Å². The summed E-state index contributed by atoms with van der Waals surface area (Å²) in [5, 5.41) is 0. The molecule has 3 nitrogen and oxygen atoms in total. The number of ether oxygens (including phenoxy) is 1. The van der Waals surface area contributed by atoms with Gasteiger partial charge in [-0.05, 0) is 31.2 Å². The molecule has 0 saturated heterocycles. The lowest BCUT2D eigenvalue weighted by atomic mass is 10.1.